The molecule has 30 heavy (non-hydrogen) atoms. The molecule has 6 nitrogen and oxygen atoms in total. The molecular formula is C22H21ClN2O4S. The van der Waals surface area contributed by atoms with Crippen LogP contribution in [0, 0.1) is 6.92 Å². The highest BCUT2D eigenvalue weighted by atomic mass is 35.5. The summed E-state index contributed by atoms with van der Waals surface area (Å²) >= 11 is 6.07. The maximum atomic E-state index is 13.0. The van der Waals surface area contributed by atoms with Crippen molar-refractivity contribution in [2.24, 2.45) is 0 Å². The van der Waals surface area contributed by atoms with E-state index in [9.17, 15) is 13.2 Å². The van der Waals surface area contributed by atoms with Gasteiger partial charge < -0.3 is 4.74 Å². The number of ether oxygens (including phenoxy) is 1. The molecule has 0 saturated carbocycles. The average Bonchev–Trinajstić information content (AvgIpc) is 2.68. The van der Waals surface area contributed by atoms with Gasteiger partial charge in [-0.05, 0) is 75.4 Å². The van der Waals surface area contributed by atoms with E-state index in [-0.39, 0.29) is 28.0 Å². The maximum Gasteiger partial charge on any atom is 0.261 e. The number of pyridine rings is 1. The van der Waals surface area contributed by atoms with E-state index in [0.29, 0.717) is 22.0 Å². The number of halogens is 1. The van der Waals surface area contributed by atoms with Crippen LogP contribution >= 0.6 is 11.6 Å². The van der Waals surface area contributed by atoms with Gasteiger partial charge in [-0.2, -0.15) is 0 Å². The molecule has 3 rings (SSSR count). The number of ketones is 1. The van der Waals surface area contributed by atoms with E-state index >= 15 is 0 Å². The van der Waals surface area contributed by atoms with E-state index in [4.69, 9.17) is 16.3 Å². The molecule has 2 aromatic carbocycles. The fourth-order valence-electron chi connectivity index (χ4n) is 2.81. The summed E-state index contributed by atoms with van der Waals surface area (Å²) in [4.78, 5) is 17.1. The molecule has 0 unspecified atom stereocenters. The van der Waals surface area contributed by atoms with Gasteiger partial charge >= 0.3 is 0 Å². The first-order valence-electron chi connectivity index (χ1n) is 9.22. The molecule has 1 heterocycles. The van der Waals surface area contributed by atoms with Gasteiger partial charge in [0.25, 0.3) is 10.0 Å². The third-order valence-electron chi connectivity index (χ3n) is 4.14. The fraction of sp³-hybridized carbons (Fsp3) is 0.182. The van der Waals surface area contributed by atoms with Crippen molar-refractivity contribution in [2.75, 3.05) is 4.72 Å². The summed E-state index contributed by atoms with van der Waals surface area (Å²) in [5.74, 6) is 0.209. The van der Waals surface area contributed by atoms with Crippen molar-refractivity contribution in [2.45, 2.75) is 31.8 Å². The zero-order valence-electron chi connectivity index (χ0n) is 16.7. The van der Waals surface area contributed by atoms with Gasteiger partial charge in [0.1, 0.15) is 5.75 Å². The lowest BCUT2D eigenvalue weighted by molar-refractivity contribution is 0.103. The first-order chi connectivity index (χ1) is 14.2. The molecule has 1 aromatic heterocycles. The predicted octanol–water partition coefficient (Wildman–Crippen LogP) is 4.86. The average molecular weight is 445 g/mol. The largest absolute Gasteiger partial charge is 0.491 e. The number of nitrogens with zero attached hydrogens (tertiary/aromatic N) is 1. The molecule has 0 atom stereocenters. The molecule has 0 aliphatic rings. The monoisotopic (exact) mass is 444 g/mol. The van der Waals surface area contributed by atoms with Crippen molar-refractivity contribution >= 4 is 33.1 Å². The molecular weight excluding hydrogens is 424 g/mol. The molecule has 3 aromatic rings. The third kappa shape index (κ3) is 5.17. The molecule has 8 heteroatoms. The van der Waals surface area contributed by atoms with E-state index in [0.717, 1.165) is 0 Å². The molecule has 156 valence electrons. The van der Waals surface area contributed by atoms with Crippen molar-refractivity contribution in [1.82, 2.24) is 4.98 Å². The smallest absolute Gasteiger partial charge is 0.261 e. The second-order valence-corrected chi connectivity index (χ2v) is 9.07. The van der Waals surface area contributed by atoms with Crippen molar-refractivity contribution in [3.63, 3.8) is 0 Å². The summed E-state index contributed by atoms with van der Waals surface area (Å²) in [6, 6.07) is 13.7. The maximum absolute atomic E-state index is 13.0. The van der Waals surface area contributed by atoms with Crippen molar-refractivity contribution < 1.29 is 17.9 Å². The zero-order chi connectivity index (χ0) is 21.9. The van der Waals surface area contributed by atoms with E-state index in [1.807, 2.05) is 13.8 Å². The molecule has 0 fully saturated rings. The minimum Gasteiger partial charge on any atom is -0.491 e. The summed E-state index contributed by atoms with van der Waals surface area (Å²) in [6.07, 6.45) is 1.50. The number of nitrogens with one attached hydrogen (secondary N) is 1. The van der Waals surface area contributed by atoms with Gasteiger partial charge in [-0.25, -0.2) is 8.42 Å². The van der Waals surface area contributed by atoms with Crippen LogP contribution in [0.25, 0.3) is 0 Å². The van der Waals surface area contributed by atoms with E-state index < -0.39 is 10.0 Å². The number of sulfonamides is 1. The SMILES string of the molecule is Cc1cc(C(=O)c2cc(Cl)ccc2NS(=O)(=O)c2ccc(OC(C)C)cc2)ccn1. The Bertz CT molecular complexity index is 1180. The van der Waals surface area contributed by atoms with Crippen molar-refractivity contribution in [3.8, 4) is 5.75 Å². The number of aryl methyl sites for hydroxylation is 1. The number of carbonyl (C=O) groups is 1. The van der Waals surface area contributed by atoms with Gasteiger partial charge in [-0.15, -0.1) is 0 Å². The number of hydrogen-bond donors (Lipinski definition) is 1. The Labute approximate surface area is 180 Å². The number of anilines is 1. The van der Waals surface area contributed by atoms with Crippen LogP contribution in [-0.2, 0) is 10.0 Å². The molecule has 0 spiro atoms. The van der Waals surface area contributed by atoms with Crippen molar-refractivity contribution in [1.29, 1.82) is 0 Å². The number of rotatable bonds is 7. The number of carbonyl (C=O) groups excluding carboxylic acids is 1. The van der Waals surface area contributed by atoms with Gasteiger partial charge in [0.2, 0.25) is 0 Å². The number of aromatic nitrogens is 1. The Kier molecular flexibility index (Phi) is 6.43. The van der Waals surface area contributed by atoms with Crippen LogP contribution in [-0.4, -0.2) is 25.3 Å². The Hall–Kier alpha value is -2.90. The minimum absolute atomic E-state index is 0.0231. The first kappa shape index (κ1) is 21.8. The molecule has 0 radical (unpaired) electrons. The predicted molar refractivity (Wildman–Crippen MR) is 117 cm³/mol. The van der Waals surface area contributed by atoms with Crippen LogP contribution < -0.4 is 9.46 Å². The second kappa shape index (κ2) is 8.85. The number of benzene rings is 2. The lowest BCUT2D eigenvalue weighted by Gasteiger charge is -2.14. The quantitative estimate of drug-likeness (QED) is 0.526. The summed E-state index contributed by atoms with van der Waals surface area (Å²) in [6.45, 7) is 5.54. The highest BCUT2D eigenvalue weighted by molar-refractivity contribution is 7.92. The van der Waals surface area contributed by atoms with Crippen LogP contribution in [0.3, 0.4) is 0 Å². The van der Waals surface area contributed by atoms with Crippen LogP contribution in [0.2, 0.25) is 5.02 Å². The van der Waals surface area contributed by atoms with Gasteiger partial charge in [-0.1, -0.05) is 11.6 Å². The molecule has 0 aliphatic carbocycles. The summed E-state index contributed by atoms with van der Waals surface area (Å²) < 4.78 is 33.8. The van der Waals surface area contributed by atoms with Gasteiger partial charge in [-0.3, -0.25) is 14.5 Å². The Morgan fingerprint density at radius 3 is 2.40 bits per heavy atom. The first-order valence-corrected chi connectivity index (χ1v) is 11.1. The lowest BCUT2D eigenvalue weighted by Crippen LogP contribution is -2.16. The van der Waals surface area contributed by atoms with Crippen molar-refractivity contribution in [3.05, 3.63) is 82.6 Å². The Balaban J connectivity index is 1.93. The van der Waals surface area contributed by atoms with E-state index in [2.05, 4.69) is 9.71 Å². The molecule has 0 amide bonds. The van der Waals surface area contributed by atoms with Gasteiger partial charge in [0.15, 0.2) is 5.78 Å². The van der Waals surface area contributed by atoms with E-state index in [1.54, 1.807) is 31.2 Å². The molecule has 0 aliphatic heterocycles. The Morgan fingerprint density at radius 1 is 1.07 bits per heavy atom. The summed E-state index contributed by atoms with van der Waals surface area (Å²) in [5, 5.41) is 0.322. The minimum atomic E-state index is -3.93. The zero-order valence-corrected chi connectivity index (χ0v) is 18.3. The Morgan fingerprint density at radius 2 is 1.77 bits per heavy atom. The van der Waals surface area contributed by atoms with Crippen LogP contribution in [0.5, 0.6) is 5.75 Å². The normalized spacial score (nSPS) is 11.4. The summed E-state index contributed by atoms with van der Waals surface area (Å²) in [5.41, 5.74) is 1.35. The van der Waals surface area contributed by atoms with Crippen LogP contribution in [0.15, 0.2) is 65.7 Å². The highest BCUT2D eigenvalue weighted by Crippen LogP contribution is 2.27. The third-order valence-corrected chi connectivity index (χ3v) is 5.75. The number of hydrogen-bond acceptors (Lipinski definition) is 5. The van der Waals surface area contributed by atoms with Gasteiger partial charge in [0.05, 0.1) is 16.7 Å². The topological polar surface area (TPSA) is 85.4 Å². The van der Waals surface area contributed by atoms with E-state index in [1.165, 1.54) is 36.5 Å². The summed E-state index contributed by atoms with van der Waals surface area (Å²) in [7, 11) is -3.93. The van der Waals surface area contributed by atoms with Crippen LogP contribution in [0.4, 0.5) is 5.69 Å². The molecule has 1 N–H and O–H groups in total. The lowest BCUT2D eigenvalue weighted by atomic mass is 10.0. The fourth-order valence-corrected chi connectivity index (χ4v) is 4.06. The highest BCUT2D eigenvalue weighted by Gasteiger charge is 2.20. The standard InChI is InChI=1S/C22H21ClN2O4S/c1-14(2)29-18-5-7-19(8-6-18)30(27,28)25-21-9-4-17(23)13-20(21)22(26)16-10-11-24-15(3)12-16/h4-14,25H,1-3H3. The van der Waals surface area contributed by atoms with Crippen LogP contribution in [0.1, 0.15) is 35.5 Å². The molecule has 0 saturated heterocycles. The second-order valence-electron chi connectivity index (χ2n) is 6.95. The molecule has 0 bridgehead atoms. The van der Waals surface area contributed by atoms with Gasteiger partial charge in [0, 0.05) is 28.0 Å².